The second-order valence-corrected chi connectivity index (χ2v) is 6.32. The van der Waals surface area contributed by atoms with Gasteiger partial charge in [0.1, 0.15) is 0 Å². The van der Waals surface area contributed by atoms with Crippen LogP contribution in [0.15, 0.2) is 18.2 Å². The number of halogens is 1. The van der Waals surface area contributed by atoms with Crippen LogP contribution in [0.4, 0.5) is 5.69 Å². The number of rotatable bonds is 6. The second-order valence-electron chi connectivity index (χ2n) is 5.92. The van der Waals surface area contributed by atoms with Crippen molar-refractivity contribution in [3.63, 3.8) is 0 Å². The molecule has 1 aromatic carbocycles. The fourth-order valence-electron chi connectivity index (χ4n) is 2.52. The van der Waals surface area contributed by atoms with E-state index in [1.165, 1.54) is 5.56 Å². The molecule has 4 nitrogen and oxygen atoms in total. The average Bonchev–Trinajstić information content (AvgIpc) is 2.47. The van der Waals surface area contributed by atoms with Crippen LogP contribution in [0, 0.1) is 5.92 Å². The zero-order chi connectivity index (χ0) is 15.2. The molecule has 5 heteroatoms. The van der Waals surface area contributed by atoms with Crippen molar-refractivity contribution < 1.29 is 9.84 Å². The fourth-order valence-corrected chi connectivity index (χ4v) is 2.83. The molecular formula is C16H25ClN2O2. The highest BCUT2D eigenvalue weighted by Gasteiger charge is 2.24. The Hall–Kier alpha value is -0.810. The van der Waals surface area contributed by atoms with Gasteiger partial charge < -0.3 is 20.1 Å². The van der Waals surface area contributed by atoms with Crippen molar-refractivity contribution in [1.82, 2.24) is 5.32 Å². The van der Waals surface area contributed by atoms with Crippen LogP contribution in [-0.2, 0) is 11.3 Å². The van der Waals surface area contributed by atoms with Gasteiger partial charge in [-0.25, -0.2) is 0 Å². The molecule has 1 fully saturated rings. The predicted octanol–water partition coefficient (Wildman–Crippen LogP) is 2.28. The van der Waals surface area contributed by atoms with Crippen LogP contribution in [0.2, 0.25) is 5.02 Å². The molecule has 0 spiro atoms. The smallest absolute Gasteiger partial charge is 0.0756 e. The van der Waals surface area contributed by atoms with Crippen molar-refractivity contribution in [2.75, 3.05) is 37.8 Å². The molecule has 1 aliphatic heterocycles. The minimum Gasteiger partial charge on any atom is -0.394 e. The lowest BCUT2D eigenvalue weighted by Crippen LogP contribution is -2.47. The van der Waals surface area contributed by atoms with Gasteiger partial charge in [0.2, 0.25) is 0 Å². The number of aliphatic hydroxyl groups excluding tert-OH is 1. The summed E-state index contributed by atoms with van der Waals surface area (Å²) in [6.45, 7) is 8.26. The zero-order valence-corrected chi connectivity index (χ0v) is 13.6. The van der Waals surface area contributed by atoms with Gasteiger partial charge in [0.15, 0.2) is 0 Å². The maximum Gasteiger partial charge on any atom is 0.0756 e. The SMILES string of the molecule is CC(C)CNCc1ccc(N2CCOCC2CO)c(Cl)c1. The molecule has 1 unspecified atom stereocenters. The molecule has 1 atom stereocenters. The summed E-state index contributed by atoms with van der Waals surface area (Å²) >= 11 is 6.43. The van der Waals surface area contributed by atoms with Crippen molar-refractivity contribution in [2.24, 2.45) is 5.92 Å². The van der Waals surface area contributed by atoms with Crippen LogP contribution in [0.1, 0.15) is 19.4 Å². The standard InChI is InChI=1S/C16H25ClN2O2/c1-12(2)8-18-9-13-3-4-16(15(17)7-13)19-5-6-21-11-14(19)10-20/h3-4,7,12,14,18,20H,5-6,8-11H2,1-2H3. The lowest BCUT2D eigenvalue weighted by atomic mass is 10.1. The number of morpholine rings is 1. The Morgan fingerprint density at radius 1 is 1.48 bits per heavy atom. The van der Waals surface area contributed by atoms with E-state index >= 15 is 0 Å². The van der Waals surface area contributed by atoms with E-state index in [2.05, 4.69) is 30.1 Å². The van der Waals surface area contributed by atoms with Gasteiger partial charge in [-0.05, 0) is 30.2 Å². The molecule has 1 heterocycles. The third-order valence-electron chi connectivity index (χ3n) is 3.64. The first-order valence-electron chi connectivity index (χ1n) is 7.56. The van der Waals surface area contributed by atoms with E-state index in [0.29, 0.717) is 19.1 Å². The summed E-state index contributed by atoms with van der Waals surface area (Å²) in [5, 5.41) is 13.6. The van der Waals surface area contributed by atoms with Gasteiger partial charge in [0, 0.05) is 13.1 Å². The highest BCUT2D eigenvalue weighted by atomic mass is 35.5. The van der Waals surface area contributed by atoms with E-state index in [9.17, 15) is 5.11 Å². The monoisotopic (exact) mass is 312 g/mol. The number of hydrogen-bond donors (Lipinski definition) is 2. The lowest BCUT2D eigenvalue weighted by molar-refractivity contribution is 0.0727. The summed E-state index contributed by atoms with van der Waals surface area (Å²) in [5.41, 5.74) is 2.16. The topological polar surface area (TPSA) is 44.7 Å². The minimum absolute atomic E-state index is 0.0128. The van der Waals surface area contributed by atoms with Gasteiger partial charge in [0.05, 0.1) is 36.6 Å². The van der Waals surface area contributed by atoms with E-state index in [4.69, 9.17) is 16.3 Å². The molecule has 2 N–H and O–H groups in total. The zero-order valence-electron chi connectivity index (χ0n) is 12.8. The van der Waals surface area contributed by atoms with Crippen molar-refractivity contribution in [3.8, 4) is 0 Å². The number of aliphatic hydroxyl groups is 1. The van der Waals surface area contributed by atoms with Crippen LogP contribution < -0.4 is 10.2 Å². The summed E-state index contributed by atoms with van der Waals surface area (Å²) in [6.07, 6.45) is 0. The van der Waals surface area contributed by atoms with Gasteiger partial charge in [-0.3, -0.25) is 0 Å². The molecule has 0 aliphatic carbocycles. The Kier molecular flexibility index (Phi) is 6.30. The number of anilines is 1. The number of benzene rings is 1. The predicted molar refractivity (Wildman–Crippen MR) is 87.0 cm³/mol. The van der Waals surface area contributed by atoms with Gasteiger partial charge >= 0.3 is 0 Å². The number of nitrogens with one attached hydrogen (secondary N) is 1. The highest BCUT2D eigenvalue weighted by molar-refractivity contribution is 6.33. The molecule has 21 heavy (non-hydrogen) atoms. The van der Waals surface area contributed by atoms with Gasteiger partial charge in [-0.2, -0.15) is 0 Å². The van der Waals surface area contributed by atoms with E-state index in [1.807, 2.05) is 12.1 Å². The Morgan fingerprint density at radius 2 is 2.29 bits per heavy atom. The van der Waals surface area contributed by atoms with Crippen molar-refractivity contribution in [3.05, 3.63) is 28.8 Å². The fraction of sp³-hybridized carbons (Fsp3) is 0.625. The molecule has 0 aromatic heterocycles. The van der Waals surface area contributed by atoms with E-state index in [0.717, 1.165) is 30.3 Å². The van der Waals surface area contributed by atoms with Crippen LogP contribution >= 0.6 is 11.6 Å². The largest absolute Gasteiger partial charge is 0.394 e. The Bertz CT molecular complexity index is 454. The molecule has 2 rings (SSSR count). The van der Waals surface area contributed by atoms with Gasteiger partial charge in [-0.15, -0.1) is 0 Å². The van der Waals surface area contributed by atoms with E-state index in [-0.39, 0.29) is 12.6 Å². The molecular weight excluding hydrogens is 288 g/mol. The van der Waals surface area contributed by atoms with Crippen LogP contribution in [-0.4, -0.2) is 44.1 Å². The molecule has 0 saturated carbocycles. The quantitative estimate of drug-likeness (QED) is 0.846. The van der Waals surface area contributed by atoms with Crippen LogP contribution in [0.3, 0.4) is 0 Å². The Balaban J connectivity index is 2.04. The summed E-state index contributed by atoms with van der Waals surface area (Å²) in [7, 11) is 0. The number of hydrogen-bond acceptors (Lipinski definition) is 4. The van der Waals surface area contributed by atoms with Crippen molar-refractivity contribution >= 4 is 17.3 Å². The molecule has 1 aromatic rings. The highest BCUT2D eigenvalue weighted by Crippen LogP contribution is 2.29. The first-order valence-corrected chi connectivity index (χ1v) is 7.94. The maximum atomic E-state index is 9.46. The summed E-state index contributed by atoms with van der Waals surface area (Å²) in [6, 6.07) is 6.14. The molecule has 0 amide bonds. The van der Waals surface area contributed by atoms with E-state index in [1.54, 1.807) is 0 Å². The molecule has 118 valence electrons. The first kappa shape index (κ1) is 16.6. The second kappa shape index (κ2) is 7.99. The van der Waals surface area contributed by atoms with Crippen molar-refractivity contribution in [1.29, 1.82) is 0 Å². The first-order chi connectivity index (χ1) is 10.1. The molecule has 0 bridgehead atoms. The van der Waals surface area contributed by atoms with E-state index < -0.39 is 0 Å². The lowest BCUT2D eigenvalue weighted by Gasteiger charge is -2.36. The maximum absolute atomic E-state index is 9.46. The third kappa shape index (κ3) is 4.58. The van der Waals surface area contributed by atoms with Gasteiger partial charge in [-0.1, -0.05) is 31.5 Å². The molecule has 1 saturated heterocycles. The normalized spacial score (nSPS) is 19.3. The van der Waals surface area contributed by atoms with Crippen LogP contribution in [0.5, 0.6) is 0 Å². The Morgan fingerprint density at radius 3 is 2.95 bits per heavy atom. The average molecular weight is 313 g/mol. The summed E-state index contributed by atoms with van der Waals surface area (Å²) < 4.78 is 5.41. The Labute approximate surface area is 132 Å². The molecule has 1 aliphatic rings. The summed E-state index contributed by atoms with van der Waals surface area (Å²) in [5.74, 6) is 0.637. The number of ether oxygens (including phenoxy) is 1. The van der Waals surface area contributed by atoms with Crippen LogP contribution in [0.25, 0.3) is 0 Å². The molecule has 0 radical (unpaired) electrons. The van der Waals surface area contributed by atoms with Gasteiger partial charge in [0.25, 0.3) is 0 Å². The van der Waals surface area contributed by atoms with Crippen molar-refractivity contribution in [2.45, 2.75) is 26.4 Å². The third-order valence-corrected chi connectivity index (χ3v) is 3.94. The number of nitrogens with zero attached hydrogens (tertiary/aromatic N) is 1. The minimum atomic E-state index is -0.0128. The summed E-state index contributed by atoms with van der Waals surface area (Å²) in [4.78, 5) is 2.14.